The van der Waals surface area contributed by atoms with Gasteiger partial charge in [-0.2, -0.15) is 0 Å². The van der Waals surface area contributed by atoms with Gasteiger partial charge in [-0.15, -0.1) is 0 Å². The lowest BCUT2D eigenvalue weighted by atomic mass is 10.1. The highest BCUT2D eigenvalue weighted by molar-refractivity contribution is 9.09. The number of halogens is 2. The number of carbonyl (C=O) groups is 1. The van der Waals surface area contributed by atoms with Gasteiger partial charge in [-0.1, -0.05) is 28.1 Å². The SMILES string of the molecule is O=C(Cc1cccc(F)c1)NCCCOCCBr. The predicted molar refractivity (Wildman–Crippen MR) is 72.3 cm³/mol. The van der Waals surface area contributed by atoms with Gasteiger partial charge in [-0.25, -0.2) is 4.39 Å². The monoisotopic (exact) mass is 317 g/mol. The van der Waals surface area contributed by atoms with Gasteiger partial charge in [0.2, 0.25) is 5.91 Å². The lowest BCUT2D eigenvalue weighted by Crippen LogP contribution is -2.26. The maximum atomic E-state index is 12.9. The van der Waals surface area contributed by atoms with Crippen molar-refractivity contribution < 1.29 is 13.9 Å². The van der Waals surface area contributed by atoms with Gasteiger partial charge in [0.15, 0.2) is 0 Å². The van der Waals surface area contributed by atoms with Crippen LogP contribution in [0.1, 0.15) is 12.0 Å². The van der Waals surface area contributed by atoms with Gasteiger partial charge in [0, 0.05) is 18.5 Å². The highest BCUT2D eigenvalue weighted by Gasteiger charge is 2.03. The molecule has 0 aromatic heterocycles. The Bertz CT molecular complexity index is 374. The zero-order chi connectivity index (χ0) is 13.2. The van der Waals surface area contributed by atoms with Crippen molar-refractivity contribution in [3.63, 3.8) is 0 Å². The average molecular weight is 318 g/mol. The topological polar surface area (TPSA) is 38.3 Å². The van der Waals surface area contributed by atoms with Crippen molar-refractivity contribution in [3.05, 3.63) is 35.6 Å². The molecule has 0 aliphatic carbocycles. The molecule has 1 rings (SSSR count). The predicted octanol–water partition coefficient (Wildman–Crippen LogP) is 2.29. The third-order valence-electron chi connectivity index (χ3n) is 2.26. The molecule has 18 heavy (non-hydrogen) atoms. The summed E-state index contributed by atoms with van der Waals surface area (Å²) in [6, 6.07) is 6.08. The molecule has 0 unspecified atom stereocenters. The molecule has 0 bridgehead atoms. The zero-order valence-corrected chi connectivity index (χ0v) is 11.7. The molecule has 1 aromatic carbocycles. The summed E-state index contributed by atoms with van der Waals surface area (Å²) in [4.78, 5) is 11.5. The Morgan fingerprint density at radius 2 is 2.22 bits per heavy atom. The minimum atomic E-state index is -0.316. The molecule has 0 spiro atoms. The van der Waals surface area contributed by atoms with Gasteiger partial charge in [0.1, 0.15) is 5.82 Å². The number of hydrogen-bond donors (Lipinski definition) is 1. The van der Waals surface area contributed by atoms with Crippen molar-refractivity contribution in [3.8, 4) is 0 Å². The molecule has 0 saturated carbocycles. The number of rotatable bonds is 8. The van der Waals surface area contributed by atoms with Gasteiger partial charge in [-0.3, -0.25) is 4.79 Å². The third-order valence-corrected chi connectivity index (χ3v) is 2.59. The molecule has 0 atom stereocenters. The maximum absolute atomic E-state index is 12.9. The van der Waals surface area contributed by atoms with Crippen LogP contribution in [0.5, 0.6) is 0 Å². The Balaban J connectivity index is 2.14. The highest BCUT2D eigenvalue weighted by Crippen LogP contribution is 2.03. The molecule has 0 aliphatic heterocycles. The minimum Gasteiger partial charge on any atom is -0.381 e. The fourth-order valence-corrected chi connectivity index (χ4v) is 1.68. The van der Waals surface area contributed by atoms with Crippen LogP contribution in [0.25, 0.3) is 0 Å². The summed E-state index contributed by atoms with van der Waals surface area (Å²) in [6.07, 6.45) is 0.988. The van der Waals surface area contributed by atoms with Crippen molar-refractivity contribution >= 4 is 21.8 Å². The molecule has 0 fully saturated rings. The molecular weight excluding hydrogens is 301 g/mol. The number of carbonyl (C=O) groups excluding carboxylic acids is 1. The van der Waals surface area contributed by atoms with Gasteiger partial charge in [0.25, 0.3) is 0 Å². The van der Waals surface area contributed by atoms with Gasteiger partial charge < -0.3 is 10.1 Å². The summed E-state index contributed by atoms with van der Waals surface area (Å²) in [7, 11) is 0. The van der Waals surface area contributed by atoms with Gasteiger partial charge in [-0.05, 0) is 24.1 Å². The van der Waals surface area contributed by atoms with E-state index in [4.69, 9.17) is 4.74 Å². The summed E-state index contributed by atoms with van der Waals surface area (Å²) >= 11 is 3.26. The summed E-state index contributed by atoms with van der Waals surface area (Å²) in [6.45, 7) is 1.89. The summed E-state index contributed by atoms with van der Waals surface area (Å²) in [5, 5.41) is 3.59. The first-order valence-electron chi connectivity index (χ1n) is 5.87. The summed E-state index contributed by atoms with van der Waals surface area (Å²) in [5.74, 6) is -0.412. The lowest BCUT2D eigenvalue weighted by Gasteiger charge is -2.05. The number of benzene rings is 1. The smallest absolute Gasteiger partial charge is 0.224 e. The fourth-order valence-electron chi connectivity index (χ4n) is 1.45. The van der Waals surface area contributed by atoms with E-state index in [1.165, 1.54) is 12.1 Å². The van der Waals surface area contributed by atoms with Crippen LogP contribution in [0.3, 0.4) is 0 Å². The summed E-state index contributed by atoms with van der Waals surface area (Å²) in [5.41, 5.74) is 0.683. The Hall–Kier alpha value is -0.940. The van der Waals surface area contributed by atoms with Crippen LogP contribution in [0.4, 0.5) is 4.39 Å². The van der Waals surface area contributed by atoms with Crippen molar-refractivity contribution in [2.45, 2.75) is 12.8 Å². The first-order chi connectivity index (χ1) is 8.72. The Morgan fingerprint density at radius 1 is 1.39 bits per heavy atom. The Kier molecular flexibility index (Phi) is 7.60. The highest BCUT2D eigenvalue weighted by atomic mass is 79.9. The molecule has 5 heteroatoms. The van der Waals surface area contributed by atoms with E-state index < -0.39 is 0 Å². The number of hydrogen-bond acceptors (Lipinski definition) is 2. The molecule has 3 nitrogen and oxygen atoms in total. The Morgan fingerprint density at radius 3 is 2.94 bits per heavy atom. The molecule has 100 valence electrons. The molecule has 1 amide bonds. The molecular formula is C13H17BrFNO2. The summed E-state index contributed by atoms with van der Waals surface area (Å²) < 4.78 is 18.1. The molecule has 0 aliphatic rings. The maximum Gasteiger partial charge on any atom is 0.224 e. The van der Waals surface area contributed by atoms with Crippen molar-refractivity contribution in [2.75, 3.05) is 25.1 Å². The van der Waals surface area contributed by atoms with E-state index in [9.17, 15) is 9.18 Å². The Labute approximate surface area is 115 Å². The van der Waals surface area contributed by atoms with Gasteiger partial charge >= 0.3 is 0 Å². The minimum absolute atomic E-state index is 0.0962. The first kappa shape index (κ1) is 15.1. The second-order valence-corrected chi connectivity index (χ2v) is 4.60. The average Bonchev–Trinajstić information content (AvgIpc) is 2.33. The molecule has 0 radical (unpaired) electrons. The first-order valence-corrected chi connectivity index (χ1v) is 6.99. The van der Waals surface area contributed by atoms with E-state index in [1.54, 1.807) is 12.1 Å². The van der Waals surface area contributed by atoms with E-state index in [1.807, 2.05) is 0 Å². The van der Waals surface area contributed by atoms with Crippen LogP contribution in [0.15, 0.2) is 24.3 Å². The van der Waals surface area contributed by atoms with Crippen LogP contribution >= 0.6 is 15.9 Å². The van der Waals surface area contributed by atoms with Crippen LogP contribution in [0.2, 0.25) is 0 Å². The van der Waals surface area contributed by atoms with Crippen LogP contribution in [-0.4, -0.2) is 31.0 Å². The fraction of sp³-hybridized carbons (Fsp3) is 0.462. The van der Waals surface area contributed by atoms with Crippen molar-refractivity contribution in [1.82, 2.24) is 5.32 Å². The normalized spacial score (nSPS) is 10.3. The standard InChI is InChI=1S/C13H17BrFNO2/c14-5-8-18-7-2-6-16-13(17)10-11-3-1-4-12(15)9-11/h1,3-4,9H,2,5-8,10H2,(H,16,17). The number of alkyl halides is 1. The van der Waals surface area contributed by atoms with Crippen LogP contribution in [-0.2, 0) is 16.0 Å². The van der Waals surface area contributed by atoms with Crippen LogP contribution < -0.4 is 5.32 Å². The third kappa shape index (κ3) is 6.71. The van der Waals surface area contributed by atoms with Crippen molar-refractivity contribution in [2.24, 2.45) is 0 Å². The second kappa shape index (κ2) is 9.05. The van der Waals surface area contributed by atoms with E-state index in [0.717, 1.165) is 11.8 Å². The molecule has 1 aromatic rings. The number of ether oxygens (including phenoxy) is 1. The number of nitrogens with one attached hydrogen (secondary N) is 1. The lowest BCUT2D eigenvalue weighted by molar-refractivity contribution is -0.120. The van der Waals surface area contributed by atoms with E-state index in [0.29, 0.717) is 25.3 Å². The van der Waals surface area contributed by atoms with Crippen LogP contribution in [0, 0.1) is 5.82 Å². The van der Waals surface area contributed by atoms with Gasteiger partial charge in [0.05, 0.1) is 13.0 Å². The largest absolute Gasteiger partial charge is 0.381 e. The molecule has 1 N–H and O–H groups in total. The second-order valence-electron chi connectivity index (χ2n) is 3.81. The molecule has 0 saturated heterocycles. The zero-order valence-electron chi connectivity index (χ0n) is 10.1. The quantitative estimate of drug-likeness (QED) is 0.590. The van der Waals surface area contributed by atoms with E-state index >= 15 is 0 Å². The van der Waals surface area contributed by atoms with E-state index in [2.05, 4.69) is 21.2 Å². The van der Waals surface area contributed by atoms with E-state index in [-0.39, 0.29) is 18.1 Å². The van der Waals surface area contributed by atoms with Crippen molar-refractivity contribution in [1.29, 1.82) is 0 Å². The molecule has 0 heterocycles. The number of amides is 1.